The molecule has 0 saturated carbocycles. The molecule has 104 valence electrons. The molecule has 2 aliphatic rings. The molecule has 19 heavy (non-hydrogen) atoms. The van der Waals surface area contributed by atoms with Gasteiger partial charge in [0.1, 0.15) is 0 Å². The molecule has 2 N–H and O–H groups in total. The third kappa shape index (κ3) is 2.30. The largest absolute Gasteiger partial charge is 0.454 e. The van der Waals surface area contributed by atoms with Crippen molar-refractivity contribution >= 4 is 0 Å². The third-order valence-electron chi connectivity index (χ3n) is 4.48. The highest BCUT2D eigenvalue weighted by Gasteiger charge is 2.36. The summed E-state index contributed by atoms with van der Waals surface area (Å²) >= 11 is 0. The zero-order valence-corrected chi connectivity index (χ0v) is 11.7. The molecule has 4 nitrogen and oxygen atoms in total. The second kappa shape index (κ2) is 4.69. The van der Waals surface area contributed by atoms with Crippen LogP contribution in [0.15, 0.2) is 18.2 Å². The van der Waals surface area contributed by atoms with Crippen LogP contribution < -0.4 is 15.2 Å². The van der Waals surface area contributed by atoms with Crippen LogP contribution in [0.3, 0.4) is 0 Å². The van der Waals surface area contributed by atoms with Crippen molar-refractivity contribution in [2.24, 2.45) is 5.73 Å². The van der Waals surface area contributed by atoms with Crippen molar-refractivity contribution in [1.82, 2.24) is 4.90 Å². The second-order valence-electron chi connectivity index (χ2n) is 6.01. The van der Waals surface area contributed by atoms with Gasteiger partial charge >= 0.3 is 0 Å². The molecular weight excluding hydrogens is 240 g/mol. The summed E-state index contributed by atoms with van der Waals surface area (Å²) in [6.07, 6.45) is 2.29. The Kier molecular flexibility index (Phi) is 3.15. The lowest BCUT2D eigenvalue weighted by atomic mass is 9.85. The van der Waals surface area contributed by atoms with Crippen molar-refractivity contribution in [3.05, 3.63) is 23.8 Å². The molecule has 0 radical (unpaired) electrons. The molecule has 1 unspecified atom stereocenters. The highest BCUT2D eigenvalue weighted by atomic mass is 16.7. The topological polar surface area (TPSA) is 47.7 Å². The molecule has 1 fully saturated rings. The Morgan fingerprint density at radius 3 is 2.95 bits per heavy atom. The van der Waals surface area contributed by atoms with Crippen molar-refractivity contribution in [3.63, 3.8) is 0 Å². The number of likely N-dealkylation sites (tertiary alicyclic amines) is 1. The number of nitrogens with two attached hydrogens (primary N) is 1. The molecule has 0 aromatic heterocycles. The summed E-state index contributed by atoms with van der Waals surface area (Å²) in [7, 11) is 0. The summed E-state index contributed by atoms with van der Waals surface area (Å²) in [5.74, 6) is 1.70. The fourth-order valence-corrected chi connectivity index (χ4v) is 2.92. The van der Waals surface area contributed by atoms with Crippen molar-refractivity contribution in [1.29, 1.82) is 0 Å². The van der Waals surface area contributed by atoms with E-state index >= 15 is 0 Å². The standard InChI is InChI=1S/C15H22N2O2/c1-15(2)14(16)4-3-7-17(15)9-11-5-6-12-13(8-11)19-10-18-12/h5-6,8,14H,3-4,7,9-10,16H2,1-2H3. The van der Waals surface area contributed by atoms with Gasteiger partial charge in [0.05, 0.1) is 0 Å². The van der Waals surface area contributed by atoms with E-state index < -0.39 is 0 Å². The lowest BCUT2D eigenvalue weighted by molar-refractivity contribution is 0.0501. The first-order valence-corrected chi connectivity index (χ1v) is 6.96. The Labute approximate surface area is 114 Å². The molecule has 0 amide bonds. The van der Waals surface area contributed by atoms with Gasteiger partial charge in [0.2, 0.25) is 6.79 Å². The van der Waals surface area contributed by atoms with E-state index in [0.717, 1.165) is 31.0 Å². The van der Waals surface area contributed by atoms with Crippen LogP contribution in [0.25, 0.3) is 0 Å². The van der Waals surface area contributed by atoms with Gasteiger partial charge in [-0.25, -0.2) is 0 Å². The van der Waals surface area contributed by atoms with Crippen LogP contribution in [0.4, 0.5) is 0 Å². The molecule has 0 bridgehead atoms. The number of ether oxygens (including phenoxy) is 2. The summed E-state index contributed by atoms with van der Waals surface area (Å²) in [5, 5.41) is 0. The molecule has 0 aliphatic carbocycles. The Balaban J connectivity index is 1.77. The number of nitrogens with zero attached hydrogens (tertiary/aromatic N) is 1. The fourth-order valence-electron chi connectivity index (χ4n) is 2.92. The van der Waals surface area contributed by atoms with E-state index in [1.807, 2.05) is 6.07 Å². The summed E-state index contributed by atoms with van der Waals surface area (Å²) in [5.41, 5.74) is 7.57. The Hall–Kier alpha value is -1.26. The zero-order valence-electron chi connectivity index (χ0n) is 11.7. The van der Waals surface area contributed by atoms with Crippen LogP contribution in [0.1, 0.15) is 32.3 Å². The van der Waals surface area contributed by atoms with Gasteiger partial charge < -0.3 is 15.2 Å². The molecular formula is C15H22N2O2. The quantitative estimate of drug-likeness (QED) is 0.887. The van der Waals surface area contributed by atoms with Crippen LogP contribution in [0.5, 0.6) is 11.5 Å². The van der Waals surface area contributed by atoms with Crippen LogP contribution in [0.2, 0.25) is 0 Å². The Morgan fingerprint density at radius 1 is 1.32 bits per heavy atom. The number of piperidine rings is 1. The first-order chi connectivity index (χ1) is 9.07. The summed E-state index contributed by atoms with van der Waals surface area (Å²) in [6, 6.07) is 6.44. The molecule has 1 atom stereocenters. The van der Waals surface area contributed by atoms with E-state index in [4.69, 9.17) is 15.2 Å². The van der Waals surface area contributed by atoms with Gasteiger partial charge in [-0.05, 0) is 50.9 Å². The minimum absolute atomic E-state index is 0.0502. The van der Waals surface area contributed by atoms with Crippen molar-refractivity contribution in [2.75, 3.05) is 13.3 Å². The average molecular weight is 262 g/mol. The summed E-state index contributed by atoms with van der Waals surface area (Å²) in [4.78, 5) is 2.47. The summed E-state index contributed by atoms with van der Waals surface area (Å²) < 4.78 is 10.8. The first kappa shape index (κ1) is 12.8. The van der Waals surface area contributed by atoms with E-state index in [9.17, 15) is 0 Å². The van der Waals surface area contributed by atoms with Gasteiger partial charge in [0.25, 0.3) is 0 Å². The van der Waals surface area contributed by atoms with Crippen molar-refractivity contribution in [3.8, 4) is 11.5 Å². The minimum atomic E-state index is 0.0502. The number of rotatable bonds is 2. The van der Waals surface area contributed by atoms with Crippen LogP contribution >= 0.6 is 0 Å². The second-order valence-corrected chi connectivity index (χ2v) is 6.01. The predicted molar refractivity (Wildman–Crippen MR) is 74.3 cm³/mol. The SMILES string of the molecule is CC1(C)C(N)CCCN1Cc1ccc2c(c1)OCO2. The normalized spacial score (nSPS) is 25.5. The smallest absolute Gasteiger partial charge is 0.231 e. The Morgan fingerprint density at radius 2 is 2.11 bits per heavy atom. The molecule has 1 saturated heterocycles. The number of fused-ring (bicyclic) bond motifs is 1. The van der Waals surface area contributed by atoms with E-state index in [0.29, 0.717) is 6.79 Å². The van der Waals surface area contributed by atoms with E-state index in [-0.39, 0.29) is 11.6 Å². The number of benzene rings is 1. The van der Waals surface area contributed by atoms with Crippen LogP contribution in [0, 0.1) is 0 Å². The maximum atomic E-state index is 6.26. The number of hydrogen-bond acceptors (Lipinski definition) is 4. The van der Waals surface area contributed by atoms with Gasteiger partial charge in [-0.15, -0.1) is 0 Å². The van der Waals surface area contributed by atoms with Gasteiger partial charge in [-0.3, -0.25) is 4.90 Å². The lowest BCUT2D eigenvalue weighted by Gasteiger charge is -2.46. The van der Waals surface area contributed by atoms with E-state index in [1.165, 1.54) is 12.0 Å². The highest BCUT2D eigenvalue weighted by Crippen LogP contribution is 2.34. The maximum Gasteiger partial charge on any atom is 0.231 e. The van der Waals surface area contributed by atoms with E-state index in [2.05, 4.69) is 30.9 Å². The van der Waals surface area contributed by atoms with Gasteiger partial charge in [-0.1, -0.05) is 6.07 Å². The zero-order chi connectivity index (χ0) is 13.5. The molecule has 1 aromatic carbocycles. The van der Waals surface area contributed by atoms with E-state index in [1.54, 1.807) is 0 Å². The monoisotopic (exact) mass is 262 g/mol. The first-order valence-electron chi connectivity index (χ1n) is 6.96. The average Bonchev–Trinajstić information content (AvgIpc) is 2.83. The van der Waals surface area contributed by atoms with Gasteiger partial charge in [0, 0.05) is 18.1 Å². The third-order valence-corrected chi connectivity index (χ3v) is 4.48. The van der Waals surface area contributed by atoms with Gasteiger partial charge in [-0.2, -0.15) is 0 Å². The fraction of sp³-hybridized carbons (Fsp3) is 0.600. The highest BCUT2D eigenvalue weighted by molar-refractivity contribution is 5.44. The Bertz CT molecular complexity index is 473. The van der Waals surface area contributed by atoms with Crippen molar-refractivity contribution < 1.29 is 9.47 Å². The molecule has 1 aromatic rings. The maximum absolute atomic E-state index is 6.26. The van der Waals surface area contributed by atoms with Gasteiger partial charge in [0.15, 0.2) is 11.5 Å². The molecule has 0 spiro atoms. The molecule has 2 aliphatic heterocycles. The molecule has 4 heteroatoms. The predicted octanol–water partition coefficient (Wildman–Crippen LogP) is 2.12. The van der Waals surface area contributed by atoms with Crippen molar-refractivity contribution in [2.45, 2.75) is 44.8 Å². The summed E-state index contributed by atoms with van der Waals surface area (Å²) in [6.45, 7) is 6.83. The number of hydrogen-bond donors (Lipinski definition) is 1. The minimum Gasteiger partial charge on any atom is -0.454 e. The lowest BCUT2D eigenvalue weighted by Crippen LogP contribution is -2.59. The molecule has 2 heterocycles. The van der Waals surface area contributed by atoms with Crippen LogP contribution in [-0.4, -0.2) is 29.8 Å². The van der Waals surface area contributed by atoms with Crippen LogP contribution in [-0.2, 0) is 6.54 Å². The molecule has 3 rings (SSSR count).